The standard InChI is InChI=1S/C16H23N3O/c1-2-19-11-9-13(16(19)20)6-8-14-7-5-12-4-3-10-17-15(12)18-14/h5,7,13H,2-4,6,8-11H2,1H3,(H,17,18). The normalized spacial score (nSPS) is 21.8. The summed E-state index contributed by atoms with van der Waals surface area (Å²) < 4.78 is 0. The van der Waals surface area contributed by atoms with Gasteiger partial charge in [0.05, 0.1) is 0 Å². The predicted molar refractivity (Wildman–Crippen MR) is 79.7 cm³/mol. The van der Waals surface area contributed by atoms with Crippen LogP contribution in [-0.4, -0.2) is 35.4 Å². The Morgan fingerprint density at radius 1 is 1.45 bits per heavy atom. The molecule has 0 spiro atoms. The molecule has 0 bridgehead atoms. The molecule has 4 nitrogen and oxygen atoms in total. The lowest BCUT2D eigenvalue weighted by atomic mass is 9.99. The van der Waals surface area contributed by atoms with E-state index in [0.717, 1.165) is 56.8 Å². The fourth-order valence-corrected chi connectivity index (χ4v) is 3.22. The minimum atomic E-state index is 0.209. The number of aryl methyl sites for hydroxylation is 2. The summed E-state index contributed by atoms with van der Waals surface area (Å²) in [6, 6.07) is 4.32. The topological polar surface area (TPSA) is 45.2 Å². The molecule has 2 aliphatic heterocycles. The van der Waals surface area contributed by atoms with Crippen LogP contribution in [0.15, 0.2) is 12.1 Å². The van der Waals surface area contributed by atoms with Crippen molar-refractivity contribution in [3.63, 3.8) is 0 Å². The van der Waals surface area contributed by atoms with Gasteiger partial charge in [-0.15, -0.1) is 0 Å². The van der Waals surface area contributed by atoms with E-state index in [4.69, 9.17) is 4.98 Å². The number of rotatable bonds is 4. The minimum Gasteiger partial charge on any atom is -0.370 e. The maximum atomic E-state index is 12.1. The molecular weight excluding hydrogens is 250 g/mol. The fraction of sp³-hybridized carbons (Fsp3) is 0.625. The van der Waals surface area contributed by atoms with E-state index < -0.39 is 0 Å². The van der Waals surface area contributed by atoms with Crippen molar-refractivity contribution in [2.45, 2.75) is 39.0 Å². The first-order valence-electron chi connectivity index (χ1n) is 7.79. The Labute approximate surface area is 120 Å². The molecule has 2 aliphatic rings. The molecule has 0 aromatic carbocycles. The van der Waals surface area contributed by atoms with E-state index in [1.54, 1.807) is 0 Å². The van der Waals surface area contributed by atoms with Crippen molar-refractivity contribution in [3.05, 3.63) is 23.4 Å². The van der Waals surface area contributed by atoms with Gasteiger partial charge in [0, 0.05) is 31.2 Å². The lowest BCUT2D eigenvalue weighted by molar-refractivity contribution is -0.130. The number of amides is 1. The average Bonchev–Trinajstić information content (AvgIpc) is 2.85. The zero-order chi connectivity index (χ0) is 13.9. The number of hydrogen-bond donors (Lipinski definition) is 1. The number of carbonyl (C=O) groups excluding carboxylic acids is 1. The van der Waals surface area contributed by atoms with Gasteiger partial charge in [0.2, 0.25) is 5.91 Å². The monoisotopic (exact) mass is 273 g/mol. The van der Waals surface area contributed by atoms with Crippen molar-refractivity contribution in [1.82, 2.24) is 9.88 Å². The van der Waals surface area contributed by atoms with Crippen molar-refractivity contribution in [1.29, 1.82) is 0 Å². The molecule has 4 heteroatoms. The number of nitrogens with zero attached hydrogens (tertiary/aromatic N) is 2. The molecule has 1 amide bonds. The smallest absolute Gasteiger partial charge is 0.225 e. The van der Waals surface area contributed by atoms with Crippen LogP contribution in [-0.2, 0) is 17.6 Å². The number of hydrogen-bond acceptors (Lipinski definition) is 3. The second-order valence-electron chi connectivity index (χ2n) is 5.78. The van der Waals surface area contributed by atoms with Gasteiger partial charge in [0.15, 0.2) is 0 Å². The molecule has 1 aromatic heterocycles. The van der Waals surface area contributed by atoms with Crippen LogP contribution in [0.4, 0.5) is 5.82 Å². The number of fused-ring (bicyclic) bond motifs is 1. The van der Waals surface area contributed by atoms with Crippen LogP contribution in [0, 0.1) is 5.92 Å². The van der Waals surface area contributed by atoms with Crippen LogP contribution in [0.1, 0.15) is 37.4 Å². The van der Waals surface area contributed by atoms with Crippen LogP contribution >= 0.6 is 0 Å². The van der Waals surface area contributed by atoms with Gasteiger partial charge in [-0.2, -0.15) is 0 Å². The highest BCUT2D eigenvalue weighted by atomic mass is 16.2. The van der Waals surface area contributed by atoms with Crippen molar-refractivity contribution in [3.8, 4) is 0 Å². The third kappa shape index (κ3) is 2.65. The summed E-state index contributed by atoms with van der Waals surface area (Å²) in [5.41, 5.74) is 2.44. The number of carbonyl (C=O) groups is 1. The van der Waals surface area contributed by atoms with Gasteiger partial charge in [-0.1, -0.05) is 6.07 Å². The highest BCUT2D eigenvalue weighted by Crippen LogP contribution is 2.24. The Balaban J connectivity index is 1.60. The molecule has 3 rings (SSSR count). The van der Waals surface area contributed by atoms with Crippen LogP contribution in [0.5, 0.6) is 0 Å². The average molecular weight is 273 g/mol. The number of aromatic nitrogens is 1. The van der Waals surface area contributed by atoms with Gasteiger partial charge in [0.1, 0.15) is 5.82 Å². The third-order valence-corrected chi connectivity index (χ3v) is 4.49. The SMILES string of the molecule is CCN1CCC(CCc2ccc3c(n2)NCCC3)C1=O. The first-order chi connectivity index (χ1) is 9.78. The molecule has 1 N–H and O–H groups in total. The van der Waals surface area contributed by atoms with E-state index in [0.29, 0.717) is 5.91 Å². The van der Waals surface area contributed by atoms with Crippen LogP contribution < -0.4 is 5.32 Å². The van der Waals surface area contributed by atoms with Crippen molar-refractivity contribution in [2.24, 2.45) is 5.92 Å². The second kappa shape index (κ2) is 5.81. The molecular formula is C16H23N3O. The summed E-state index contributed by atoms with van der Waals surface area (Å²) >= 11 is 0. The third-order valence-electron chi connectivity index (χ3n) is 4.49. The lowest BCUT2D eigenvalue weighted by Gasteiger charge is -2.18. The van der Waals surface area contributed by atoms with Gasteiger partial charge in [0.25, 0.3) is 0 Å². The van der Waals surface area contributed by atoms with E-state index in [-0.39, 0.29) is 5.92 Å². The largest absolute Gasteiger partial charge is 0.370 e. The van der Waals surface area contributed by atoms with Gasteiger partial charge in [-0.3, -0.25) is 4.79 Å². The van der Waals surface area contributed by atoms with Crippen molar-refractivity contribution >= 4 is 11.7 Å². The van der Waals surface area contributed by atoms with Gasteiger partial charge >= 0.3 is 0 Å². The van der Waals surface area contributed by atoms with E-state index >= 15 is 0 Å². The molecule has 1 atom stereocenters. The molecule has 20 heavy (non-hydrogen) atoms. The highest BCUT2D eigenvalue weighted by Gasteiger charge is 2.29. The summed E-state index contributed by atoms with van der Waals surface area (Å²) in [7, 11) is 0. The summed E-state index contributed by atoms with van der Waals surface area (Å²) in [4.78, 5) is 18.8. The fourth-order valence-electron chi connectivity index (χ4n) is 3.22. The highest BCUT2D eigenvalue weighted by molar-refractivity contribution is 5.80. The number of nitrogens with one attached hydrogen (secondary N) is 1. The molecule has 0 saturated carbocycles. The molecule has 3 heterocycles. The van der Waals surface area contributed by atoms with Crippen LogP contribution in [0.3, 0.4) is 0 Å². The maximum Gasteiger partial charge on any atom is 0.225 e. The summed E-state index contributed by atoms with van der Waals surface area (Å²) in [6.45, 7) is 4.85. The number of anilines is 1. The van der Waals surface area contributed by atoms with E-state index in [1.165, 1.54) is 12.0 Å². The zero-order valence-corrected chi connectivity index (χ0v) is 12.2. The number of pyridine rings is 1. The first kappa shape index (κ1) is 13.4. The Bertz CT molecular complexity index is 500. The molecule has 0 aliphatic carbocycles. The predicted octanol–water partition coefficient (Wildman–Crippen LogP) is 2.24. The Morgan fingerprint density at radius 2 is 2.35 bits per heavy atom. The Hall–Kier alpha value is -1.58. The molecule has 108 valence electrons. The second-order valence-corrected chi connectivity index (χ2v) is 5.78. The van der Waals surface area contributed by atoms with Gasteiger partial charge in [-0.25, -0.2) is 4.98 Å². The summed E-state index contributed by atoms with van der Waals surface area (Å²) in [6.07, 6.45) is 5.17. The van der Waals surface area contributed by atoms with Gasteiger partial charge in [-0.05, 0) is 50.7 Å². The summed E-state index contributed by atoms with van der Waals surface area (Å²) in [5.74, 6) is 1.60. The Kier molecular flexibility index (Phi) is 3.90. The van der Waals surface area contributed by atoms with Crippen LogP contribution in [0.25, 0.3) is 0 Å². The van der Waals surface area contributed by atoms with Crippen LogP contribution in [0.2, 0.25) is 0 Å². The molecule has 1 unspecified atom stereocenters. The van der Waals surface area contributed by atoms with E-state index in [1.807, 2.05) is 4.90 Å². The van der Waals surface area contributed by atoms with E-state index in [9.17, 15) is 4.79 Å². The van der Waals surface area contributed by atoms with Crippen molar-refractivity contribution in [2.75, 3.05) is 25.0 Å². The first-order valence-corrected chi connectivity index (χ1v) is 7.79. The maximum absolute atomic E-state index is 12.1. The summed E-state index contributed by atoms with van der Waals surface area (Å²) in [5, 5.41) is 3.37. The molecule has 1 fully saturated rings. The molecule has 0 radical (unpaired) electrons. The lowest BCUT2D eigenvalue weighted by Crippen LogP contribution is -2.27. The molecule has 1 aromatic rings. The molecule has 1 saturated heterocycles. The number of likely N-dealkylation sites (tertiary alicyclic amines) is 1. The minimum absolute atomic E-state index is 0.209. The Morgan fingerprint density at radius 3 is 3.15 bits per heavy atom. The quantitative estimate of drug-likeness (QED) is 0.915. The van der Waals surface area contributed by atoms with Gasteiger partial charge < -0.3 is 10.2 Å². The zero-order valence-electron chi connectivity index (χ0n) is 12.2. The van der Waals surface area contributed by atoms with E-state index in [2.05, 4.69) is 24.4 Å². The van der Waals surface area contributed by atoms with Crippen molar-refractivity contribution < 1.29 is 4.79 Å².